The van der Waals surface area contributed by atoms with Gasteiger partial charge in [-0.2, -0.15) is 0 Å². The molecule has 0 aliphatic carbocycles. The van der Waals surface area contributed by atoms with Gasteiger partial charge in [-0.25, -0.2) is 0 Å². The van der Waals surface area contributed by atoms with Gasteiger partial charge in [-0.05, 0) is 18.9 Å². The van der Waals surface area contributed by atoms with Gasteiger partial charge in [-0.15, -0.1) is 0 Å². The summed E-state index contributed by atoms with van der Waals surface area (Å²) < 4.78 is 0. The first-order valence-electron chi connectivity index (χ1n) is 3.72. The van der Waals surface area contributed by atoms with Crippen molar-refractivity contribution >= 4 is 24.4 Å². The second kappa shape index (κ2) is 3.67. The van der Waals surface area contributed by atoms with Gasteiger partial charge in [0.05, 0.1) is 5.69 Å². The predicted octanol–water partition coefficient (Wildman–Crippen LogP) is 1.76. The van der Waals surface area contributed by atoms with Crippen molar-refractivity contribution in [2.24, 2.45) is 10.7 Å². The van der Waals surface area contributed by atoms with Gasteiger partial charge in [0.25, 0.3) is 0 Å². The summed E-state index contributed by atoms with van der Waals surface area (Å²) >= 11 is 0. The number of amides is 1. The molecule has 0 aliphatic rings. The highest BCUT2D eigenvalue weighted by Crippen LogP contribution is 2.23. The Morgan fingerprint density at radius 3 is 2.69 bits per heavy atom. The van der Waals surface area contributed by atoms with E-state index in [1.54, 1.807) is 24.3 Å². The topological polar surface area (TPSA) is 55.4 Å². The average molecular weight is 174 g/mol. The lowest BCUT2D eigenvalue weighted by atomic mass is 10.1. The SMILES string of the molecule is C=Cc1c(N=C)cccc1C(N)=O. The van der Waals surface area contributed by atoms with Gasteiger partial charge in [0.2, 0.25) is 5.91 Å². The first kappa shape index (κ1) is 9.19. The molecule has 1 rings (SSSR count). The molecule has 2 N–H and O–H groups in total. The summed E-state index contributed by atoms with van der Waals surface area (Å²) in [6.07, 6.45) is 1.55. The van der Waals surface area contributed by atoms with Crippen molar-refractivity contribution in [3.05, 3.63) is 35.9 Å². The average Bonchev–Trinajstić information content (AvgIpc) is 2.16. The molecule has 0 saturated heterocycles. The molecule has 0 atom stereocenters. The minimum Gasteiger partial charge on any atom is -0.366 e. The number of aliphatic imine (C=N–C) groups is 1. The molecule has 0 aromatic heterocycles. The fourth-order valence-electron chi connectivity index (χ4n) is 1.12. The summed E-state index contributed by atoms with van der Waals surface area (Å²) in [5, 5.41) is 0. The van der Waals surface area contributed by atoms with Gasteiger partial charge in [-0.1, -0.05) is 18.7 Å². The number of primary amides is 1. The molecule has 0 fully saturated rings. The number of nitrogens with zero attached hydrogens (tertiary/aromatic N) is 1. The van der Waals surface area contributed by atoms with Crippen LogP contribution in [0.4, 0.5) is 5.69 Å². The molecule has 0 aliphatic heterocycles. The lowest BCUT2D eigenvalue weighted by Crippen LogP contribution is -2.12. The molecule has 0 bridgehead atoms. The highest BCUT2D eigenvalue weighted by molar-refractivity contribution is 5.98. The number of hydrogen-bond donors (Lipinski definition) is 1. The number of rotatable bonds is 3. The minimum absolute atomic E-state index is 0.417. The summed E-state index contributed by atoms with van der Waals surface area (Å²) in [7, 11) is 0. The molecule has 0 unspecified atom stereocenters. The zero-order chi connectivity index (χ0) is 9.84. The van der Waals surface area contributed by atoms with E-state index < -0.39 is 5.91 Å². The van der Waals surface area contributed by atoms with E-state index in [9.17, 15) is 4.79 Å². The van der Waals surface area contributed by atoms with Crippen LogP contribution in [0.2, 0.25) is 0 Å². The number of benzene rings is 1. The largest absolute Gasteiger partial charge is 0.366 e. The van der Waals surface area contributed by atoms with E-state index in [1.165, 1.54) is 0 Å². The smallest absolute Gasteiger partial charge is 0.249 e. The Bertz CT molecular complexity index is 369. The van der Waals surface area contributed by atoms with Crippen LogP contribution < -0.4 is 5.73 Å². The van der Waals surface area contributed by atoms with Crippen molar-refractivity contribution in [3.8, 4) is 0 Å². The molecule has 3 heteroatoms. The monoisotopic (exact) mass is 174 g/mol. The van der Waals surface area contributed by atoms with Crippen molar-refractivity contribution in [1.29, 1.82) is 0 Å². The molecule has 0 spiro atoms. The van der Waals surface area contributed by atoms with Crippen LogP contribution in [0.5, 0.6) is 0 Å². The van der Waals surface area contributed by atoms with Crippen molar-refractivity contribution in [2.75, 3.05) is 0 Å². The Kier molecular flexibility index (Phi) is 2.59. The summed E-state index contributed by atoms with van der Waals surface area (Å²) in [5.41, 5.74) is 6.83. The van der Waals surface area contributed by atoms with Crippen LogP contribution in [0.25, 0.3) is 6.08 Å². The maximum atomic E-state index is 11.0. The molecule has 66 valence electrons. The van der Waals surface area contributed by atoms with Gasteiger partial charge in [0.1, 0.15) is 0 Å². The molecule has 0 saturated carbocycles. The second-order valence-electron chi connectivity index (χ2n) is 2.46. The van der Waals surface area contributed by atoms with E-state index in [2.05, 4.69) is 18.3 Å². The van der Waals surface area contributed by atoms with E-state index in [4.69, 9.17) is 5.73 Å². The van der Waals surface area contributed by atoms with E-state index >= 15 is 0 Å². The van der Waals surface area contributed by atoms with Crippen LogP contribution in [0.3, 0.4) is 0 Å². The number of carbonyl (C=O) groups excluding carboxylic acids is 1. The maximum Gasteiger partial charge on any atom is 0.249 e. The number of carbonyl (C=O) groups is 1. The van der Waals surface area contributed by atoms with Gasteiger partial charge >= 0.3 is 0 Å². The molecular weight excluding hydrogens is 164 g/mol. The van der Waals surface area contributed by atoms with E-state index in [0.29, 0.717) is 16.8 Å². The van der Waals surface area contributed by atoms with Crippen LogP contribution in [0, 0.1) is 0 Å². The standard InChI is InChI=1S/C10H10N2O/c1-3-7-8(10(11)13)5-4-6-9(7)12-2/h3-6H,1-2H2,(H2,11,13). The Morgan fingerprint density at radius 2 is 2.23 bits per heavy atom. The van der Waals surface area contributed by atoms with Crippen molar-refractivity contribution in [2.45, 2.75) is 0 Å². The third kappa shape index (κ3) is 1.64. The van der Waals surface area contributed by atoms with Crippen LogP contribution in [0.15, 0.2) is 29.8 Å². The highest BCUT2D eigenvalue weighted by atomic mass is 16.1. The molecule has 1 amide bonds. The number of hydrogen-bond acceptors (Lipinski definition) is 2. The quantitative estimate of drug-likeness (QED) is 0.697. The van der Waals surface area contributed by atoms with E-state index in [0.717, 1.165) is 0 Å². The predicted molar refractivity (Wildman–Crippen MR) is 54.3 cm³/mol. The summed E-state index contributed by atoms with van der Waals surface area (Å²) in [6.45, 7) is 6.98. The molecular formula is C10H10N2O. The molecule has 0 heterocycles. The third-order valence-electron chi connectivity index (χ3n) is 1.72. The summed E-state index contributed by atoms with van der Waals surface area (Å²) in [6, 6.07) is 5.08. The number of nitrogens with two attached hydrogens (primary N) is 1. The lowest BCUT2D eigenvalue weighted by molar-refractivity contribution is 0.1000. The summed E-state index contributed by atoms with van der Waals surface area (Å²) in [5.74, 6) is -0.486. The van der Waals surface area contributed by atoms with Crippen LogP contribution >= 0.6 is 0 Å². The van der Waals surface area contributed by atoms with Crippen LogP contribution in [-0.2, 0) is 0 Å². The lowest BCUT2D eigenvalue weighted by Gasteiger charge is -2.04. The summed E-state index contributed by atoms with van der Waals surface area (Å²) in [4.78, 5) is 14.7. The molecule has 3 nitrogen and oxygen atoms in total. The Labute approximate surface area is 76.6 Å². The zero-order valence-electron chi connectivity index (χ0n) is 7.16. The normalized spacial score (nSPS) is 9.23. The fraction of sp³-hybridized carbons (Fsp3) is 0. The van der Waals surface area contributed by atoms with Gasteiger partial charge < -0.3 is 5.73 Å². The molecule has 1 aromatic rings. The van der Waals surface area contributed by atoms with Gasteiger partial charge in [0, 0.05) is 11.1 Å². The van der Waals surface area contributed by atoms with Gasteiger partial charge in [0.15, 0.2) is 0 Å². The first-order valence-corrected chi connectivity index (χ1v) is 3.72. The van der Waals surface area contributed by atoms with Crippen LogP contribution in [0.1, 0.15) is 15.9 Å². The Hall–Kier alpha value is -1.90. The highest BCUT2D eigenvalue weighted by Gasteiger charge is 2.07. The van der Waals surface area contributed by atoms with E-state index in [-0.39, 0.29) is 0 Å². The maximum absolute atomic E-state index is 11.0. The van der Waals surface area contributed by atoms with Crippen molar-refractivity contribution in [3.63, 3.8) is 0 Å². The second-order valence-corrected chi connectivity index (χ2v) is 2.46. The third-order valence-corrected chi connectivity index (χ3v) is 1.72. The van der Waals surface area contributed by atoms with E-state index in [1.807, 2.05) is 0 Å². The van der Waals surface area contributed by atoms with Crippen molar-refractivity contribution in [1.82, 2.24) is 0 Å². The van der Waals surface area contributed by atoms with Crippen molar-refractivity contribution < 1.29 is 4.79 Å². The molecule has 13 heavy (non-hydrogen) atoms. The Morgan fingerprint density at radius 1 is 1.54 bits per heavy atom. The zero-order valence-corrected chi connectivity index (χ0v) is 7.16. The van der Waals surface area contributed by atoms with Crippen LogP contribution in [-0.4, -0.2) is 12.6 Å². The van der Waals surface area contributed by atoms with Gasteiger partial charge in [-0.3, -0.25) is 9.79 Å². The molecule has 1 aromatic carbocycles. The first-order chi connectivity index (χ1) is 6.20. The fourth-order valence-corrected chi connectivity index (χ4v) is 1.12. The minimum atomic E-state index is -0.486. The Balaban J connectivity index is 3.43. The molecule has 0 radical (unpaired) electrons.